The standard InChI is InChI=1S/C19H33N/c1-6-10-11-16(8-3)19(20-5)18-13-12-15(7-2)17(9-4)14-18/h12-14,16,19-20H,6-11H2,1-5H3. The van der Waals surface area contributed by atoms with Gasteiger partial charge in [0.1, 0.15) is 0 Å². The molecule has 1 N–H and O–H groups in total. The molecule has 114 valence electrons. The van der Waals surface area contributed by atoms with E-state index in [1.165, 1.54) is 42.4 Å². The molecule has 0 aromatic heterocycles. The van der Waals surface area contributed by atoms with Crippen molar-refractivity contribution in [1.82, 2.24) is 5.32 Å². The number of hydrogen-bond donors (Lipinski definition) is 1. The SMILES string of the molecule is CCCCC(CC)C(NC)c1ccc(CC)c(CC)c1. The zero-order valence-electron chi connectivity index (χ0n) is 14.1. The van der Waals surface area contributed by atoms with Gasteiger partial charge in [-0.1, -0.05) is 65.2 Å². The number of benzene rings is 1. The van der Waals surface area contributed by atoms with Gasteiger partial charge in [-0.15, -0.1) is 0 Å². The highest BCUT2D eigenvalue weighted by atomic mass is 14.9. The first kappa shape index (κ1) is 17.2. The Kier molecular flexibility index (Phi) is 7.91. The second kappa shape index (κ2) is 9.18. The summed E-state index contributed by atoms with van der Waals surface area (Å²) in [7, 11) is 2.11. The van der Waals surface area contributed by atoms with Crippen molar-refractivity contribution in [1.29, 1.82) is 0 Å². The normalized spacial score (nSPS) is 14.2. The number of rotatable bonds is 9. The third kappa shape index (κ3) is 4.34. The lowest BCUT2D eigenvalue weighted by atomic mass is 9.85. The molecule has 0 fully saturated rings. The van der Waals surface area contributed by atoms with E-state index >= 15 is 0 Å². The lowest BCUT2D eigenvalue weighted by Gasteiger charge is -2.27. The number of hydrogen-bond acceptors (Lipinski definition) is 1. The van der Waals surface area contributed by atoms with Crippen LogP contribution in [0.4, 0.5) is 0 Å². The molecule has 0 heterocycles. The molecule has 0 spiro atoms. The van der Waals surface area contributed by atoms with Crippen LogP contribution in [0.15, 0.2) is 18.2 Å². The predicted octanol–water partition coefficient (Wildman–Crippen LogP) is 5.29. The summed E-state index contributed by atoms with van der Waals surface area (Å²) in [4.78, 5) is 0. The van der Waals surface area contributed by atoms with Gasteiger partial charge in [-0.25, -0.2) is 0 Å². The molecule has 1 aromatic carbocycles. The van der Waals surface area contributed by atoms with Gasteiger partial charge in [-0.2, -0.15) is 0 Å². The summed E-state index contributed by atoms with van der Waals surface area (Å²) in [5.41, 5.74) is 4.51. The minimum atomic E-state index is 0.503. The van der Waals surface area contributed by atoms with E-state index in [0.717, 1.165) is 18.8 Å². The summed E-state index contributed by atoms with van der Waals surface area (Å²) in [6.07, 6.45) is 7.49. The zero-order valence-corrected chi connectivity index (χ0v) is 14.1. The van der Waals surface area contributed by atoms with Crippen molar-refractivity contribution in [2.45, 2.75) is 72.3 Å². The molecule has 0 radical (unpaired) electrons. The van der Waals surface area contributed by atoms with Crippen LogP contribution in [0, 0.1) is 5.92 Å². The molecule has 1 nitrogen and oxygen atoms in total. The molecule has 0 aliphatic carbocycles. The summed E-state index contributed by atoms with van der Waals surface area (Å²) >= 11 is 0. The molecule has 0 aliphatic heterocycles. The van der Waals surface area contributed by atoms with Crippen molar-refractivity contribution < 1.29 is 0 Å². The van der Waals surface area contributed by atoms with Crippen LogP contribution in [-0.4, -0.2) is 7.05 Å². The van der Waals surface area contributed by atoms with E-state index in [2.05, 4.69) is 58.3 Å². The van der Waals surface area contributed by atoms with Gasteiger partial charge in [0.15, 0.2) is 0 Å². The molecule has 0 aliphatic rings. The molecular weight excluding hydrogens is 242 g/mol. The summed E-state index contributed by atoms with van der Waals surface area (Å²) in [5, 5.41) is 3.57. The third-order valence-corrected chi connectivity index (χ3v) is 4.59. The van der Waals surface area contributed by atoms with E-state index in [4.69, 9.17) is 0 Å². The molecule has 0 bridgehead atoms. The largest absolute Gasteiger partial charge is 0.313 e. The maximum absolute atomic E-state index is 3.57. The Bertz CT molecular complexity index is 383. The van der Waals surface area contributed by atoms with Gasteiger partial charge in [0.2, 0.25) is 0 Å². The van der Waals surface area contributed by atoms with E-state index in [1.807, 2.05) is 0 Å². The Labute approximate surface area is 126 Å². The third-order valence-electron chi connectivity index (χ3n) is 4.59. The average molecular weight is 275 g/mol. The average Bonchev–Trinajstić information content (AvgIpc) is 2.50. The molecule has 0 saturated heterocycles. The van der Waals surface area contributed by atoms with E-state index in [-0.39, 0.29) is 0 Å². The predicted molar refractivity (Wildman–Crippen MR) is 90.3 cm³/mol. The number of unbranched alkanes of at least 4 members (excludes halogenated alkanes) is 1. The van der Waals surface area contributed by atoms with E-state index in [9.17, 15) is 0 Å². The molecule has 1 rings (SSSR count). The quantitative estimate of drug-likeness (QED) is 0.646. The van der Waals surface area contributed by atoms with Crippen LogP contribution in [0.1, 0.15) is 76.1 Å². The molecular formula is C19H33N. The molecule has 20 heavy (non-hydrogen) atoms. The highest BCUT2D eigenvalue weighted by molar-refractivity contribution is 5.34. The minimum Gasteiger partial charge on any atom is -0.313 e. The van der Waals surface area contributed by atoms with Gasteiger partial charge in [0.05, 0.1) is 0 Å². The van der Waals surface area contributed by atoms with Gasteiger partial charge in [-0.05, 0) is 48.9 Å². The molecule has 2 unspecified atom stereocenters. The van der Waals surface area contributed by atoms with Crippen LogP contribution in [0.3, 0.4) is 0 Å². The van der Waals surface area contributed by atoms with Crippen LogP contribution in [0.25, 0.3) is 0 Å². The fraction of sp³-hybridized carbons (Fsp3) is 0.684. The van der Waals surface area contributed by atoms with Crippen molar-refractivity contribution in [2.24, 2.45) is 5.92 Å². The Morgan fingerprint density at radius 3 is 2.20 bits per heavy atom. The van der Waals surface area contributed by atoms with Gasteiger partial charge < -0.3 is 5.32 Å². The second-order valence-corrected chi connectivity index (χ2v) is 5.81. The molecule has 1 heteroatoms. The fourth-order valence-electron chi connectivity index (χ4n) is 3.26. The van der Waals surface area contributed by atoms with Crippen LogP contribution in [0.2, 0.25) is 0 Å². The Balaban J connectivity index is 2.98. The van der Waals surface area contributed by atoms with Crippen molar-refractivity contribution >= 4 is 0 Å². The van der Waals surface area contributed by atoms with Gasteiger partial charge in [0, 0.05) is 6.04 Å². The fourth-order valence-corrected chi connectivity index (χ4v) is 3.26. The van der Waals surface area contributed by atoms with Gasteiger partial charge >= 0.3 is 0 Å². The highest BCUT2D eigenvalue weighted by Crippen LogP contribution is 2.30. The maximum Gasteiger partial charge on any atom is 0.0346 e. The maximum atomic E-state index is 3.57. The molecule has 2 atom stereocenters. The Morgan fingerprint density at radius 1 is 1.00 bits per heavy atom. The lowest BCUT2D eigenvalue weighted by molar-refractivity contribution is 0.339. The molecule has 0 saturated carbocycles. The van der Waals surface area contributed by atoms with E-state index in [1.54, 1.807) is 0 Å². The summed E-state index contributed by atoms with van der Waals surface area (Å²) < 4.78 is 0. The van der Waals surface area contributed by atoms with Crippen molar-refractivity contribution in [3.8, 4) is 0 Å². The summed E-state index contributed by atoms with van der Waals surface area (Å²) in [5.74, 6) is 0.747. The van der Waals surface area contributed by atoms with Crippen LogP contribution in [0.5, 0.6) is 0 Å². The van der Waals surface area contributed by atoms with Crippen molar-refractivity contribution in [2.75, 3.05) is 7.05 Å². The Morgan fingerprint density at radius 2 is 1.70 bits per heavy atom. The minimum absolute atomic E-state index is 0.503. The monoisotopic (exact) mass is 275 g/mol. The van der Waals surface area contributed by atoms with Crippen molar-refractivity contribution in [3.05, 3.63) is 34.9 Å². The summed E-state index contributed by atoms with van der Waals surface area (Å²) in [6.45, 7) is 9.12. The number of nitrogens with one attached hydrogen (secondary N) is 1. The number of aryl methyl sites for hydroxylation is 2. The van der Waals surface area contributed by atoms with Gasteiger partial charge in [0.25, 0.3) is 0 Å². The first-order chi connectivity index (χ1) is 9.71. The van der Waals surface area contributed by atoms with E-state index in [0.29, 0.717) is 6.04 Å². The van der Waals surface area contributed by atoms with Crippen LogP contribution >= 0.6 is 0 Å². The topological polar surface area (TPSA) is 12.0 Å². The van der Waals surface area contributed by atoms with Crippen LogP contribution < -0.4 is 5.32 Å². The zero-order chi connectivity index (χ0) is 15.0. The lowest BCUT2D eigenvalue weighted by Crippen LogP contribution is -2.25. The first-order valence-corrected chi connectivity index (χ1v) is 8.50. The highest BCUT2D eigenvalue weighted by Gasteiger charge is 2.20. The Hall–Kier alpha value is -0.820. The second-order valence-electron chi connectivity index (χ2n) is 5.81. The first-order valence-electron chi connectivity index (χ1n) is 8.50. The molecule has 1 aromatic rings. The van der Waals surface area contributed by atoms with Crippen molar-refractivity contribution in [3.63, 3.8) is 0 Å². The summed E-state index contributed by atoms with van der Waals surface area (Å²) in [6, 6.07) is 7.62. The molecule has 0 amide bonds. The smallest absolute Gasteiger partial charge is 0.0346 e. The van der Waals surface area contributed by atoms with Crippen LogP contribution in [-0.2, 0) is 12.8 Å². The van der Waals surface area contributed by atoms with Gasteiger partial charge in [-0.3, -0.25) is 0 Å². The van der Waals surface area contributed by atoms with E-state index < -0.39 is 0 Å².